The number of nitrogens with zero attached hydrogens (tertiary/aromatic N) is 4. The van der Waals surface area contributed by atoms with Crippen molar-refractivity contribution < 1.29 is 0 Å². The van der Waals surface area contributed by atoms with Gasteiger partial charge in [-0.15, -0.1) is 0 Å². The molecule has 0 aromatic carbocycles. The summed E-state index contributed by atoms with van der Waals surface area (Å²) in [5, 5.41) is 0.251. The van der Waals surface area contributed by atoms with E-state index in [1.54, 1.807) is 17.1 Å². The van der Waals surface area contributed by atoms with Crippen LogP contribution < -0.4 is 0 Å². The van der Waals surface area contributed by atoms with Crippen molar-refractivity contribution in [2.24, 2.45) is 7.05 Å². The van der Waals surface area contributed by atoms with E-state index < -0.39 is 0 Å². The maximum Gasteiger partial charge on any atom is 0.224 e. The molecule has 0 N–H and O–H groups in total. The molecule has 2 aromatic heterocycles. The van der Waals surface area contributed by atoms with Crippen LogP contribution in [-0.4, -0.2) is 19.5 Å². The Labute approximate surface area is 67.9 Å². The SMILES string of the molecule is Cn1cnc2cnc(Cl)nc21. The van der Waals surface area contributed by atoms with Gasteiger partial charge in [-0.3, -0.25) is 0 Å². The second-order valence-corrected chi connectivity index (χ2v) is 2.54. The number of imidazole rings is 1. The fraction of sp³-hybridized carbons (Fsp3) is 0.167. The van der Waals surface area contributed by atoms with E-state index in [1.807, 2.05) is 7.05 Å². The zero-order chi connectivity index (χ0) is 7.84. The van der Waals surface area contributed by atoms with Crippen molar-refractivity contribution in [2.75, 3.05) is 0 Å². The highest BCUT2D eigenvalue weighted by Crippen LogP contribution is 2.09. The molecule has 0 aliphatic heterocycles. The quantitative estimate of drug-likeness (QED) is 0.552. The monoisotopic (exact) mass is 168 g/mol. The molecule has 0 bridgehead atoms. The Morgan fingerprint density at radius 1 is 1.45 bits per heavy atom. The molecule has 0 spiro atoms. The van der Waals surface area contributed by atoms with Crippen LogP contribution in [0.1, 0.15) is 0 Å². The second-order valence-electron chi connectivity index (χ2n) is 2.20. The Morgan fingerprint density at radius 3 is 3.09 bits per heavy atom. The predicted molar refractivity (Wildman–Crippen MR) is 41.3 cm³/mol. The van der Waals surface area contributed by atoms with Gasteiger partial charge in [-0.25, -0.2) is 9.97 Å². The lowest BCUT2D eigenvalue weighted by Gasteiger charge is -1.91. The van der Waals surface area contributed by atoms with Gasteiger partial charge in [0.15, 0.2) is 5.65 Å². The largest absolute Gasteiger partial charge is 0.318 e. The molecule has 0 fully saturated rings. The third kappa shape index (κ3) is 0.952. The minimum Gasteiger partial charge on any atom is -0.318 e. The van der Waals surface area contributed by atoms with Crippen molar-refractivity contribution in [3.8, 4) is 0 Å². The summed E-state index contributed by atoms with van der Waals surface area (Å²) in [6.45, 7) is 0. The van der Waals surface area contributed by atoms with E-state index in [-0.39, 0.29) is 5.28 Å². The van der Waals surface area contributed by atoms with Crippen LogP contribution in [0.3, 0.4) is 0 Å². The lowest BCUT2D eigenvalue weighted by molar-refractivity contribution is 0.928. The maximum absolute atomic E-state index is 5.58. The van der Waals surface area contributed by atoms with Gasteiger partial charge >= 0.3 is 0 Å². The summed E-state index contributed by atoms with van der Waals surface area (Å²) < 4.78 is 1.79. The van der Waals surface area contributed by atoms with Crippen molar-refractivity contribution in [1.82, 2.24) is 19.5 Å². The lowest BCUT2D eigenvalue weighted by atomic mass is 10.6. The molecule has 0 saturated carbocycles. The highest BCUT2D eigenvalue weighted by atomic mass is 35.5. The van der Waals surface area contributed by atoms with E-state index in [0.717, 1.165) is 11.2 Å². The van der Waals surface area contributed by atoms with Gasteiger partial charge in [-0.05, 0) is 11.6 Å². The molecule has 0 radical (unpaired) electrons. The molecule has 0 amide bonds. The van der Waals surface area contributed by atoms with Crippen LogP contribution in [0.4, 0.5) is 0 Å². The molecule has 0 saturated heterocycles. The number of fused-ring (bicyclic) bond motifs is 1. The fourth-order valence-electron chi connectivity index (χ4n) is 0.900. The first kappa shape index (κ1) is 6.54. The minimum absolute atomic E-state index is 0.251. The Kier molecular flexibility index (Phi) is 1.29. The first-order valence-electron chi connectivity index (χ1n) is 3.07. The number of rotatable bonds is 0. The van der Waals surface area contributed by atoms with Crippen LogP contribution in [0.5, 0.6) is 0 Å². The molecular formula is C6H5ClN4. The molecule has 56 valence electrons. The topological polar surface area (TPSA) is 43.6 Å². The van der Waals surface area contributed by atoms with Gasteiger partial charge < -0.3 is 4.57 Å². The van der Waals surface area contributed by atoms with Gasteiger partial charge in [-0.1, -0.05) is 0 Å². The molecule has 5 heteroatoms. The molecule has 2 aromatic rings. The summed E-state index contributed by atoms with van der Waals surface area (Å²) in [5.74, 6) is 0. The molecule has 0 atom stereocenters. The van der Waals surface area contributed by atoms with Crippen LogP contribution >= 0.6 is 11.6 Å². The van der Waals surface area contributed by atoms with Gasteiger partial charge in [-0.2, -0.15) is 4.98 Å². The van der Waals surface area contributed by atoms with Gasteiger partial charge in [0.2, 0.25) is 5.28 Å². The zero-order valence-electron chi connectivity index (χ0n) is 5.82. The second kappa shape index (κ2) is 2.17. The van der Waals surface area contributed by atoms with E-state index in [9.17, 15) is 0 Å². The van der Waals surface area contributed by atoms with Crippen molar-refractivity contribution >= 4 is 22.8 Å². The Morgan fingerprint density at radius 2 is 2.27 bits per heavy atom. The zero-order valence-corrected chi connectivity index (χ0v) is 6.58. The predicted octanol–water partition coefficient (Wildman–Crippen LogP) is 1.02. The third-order valence-electron chi connectivity index (χ3n) is 1.42. The molecule has 0 unspecified atom stereocenters. The van der Waals surface area contributed by atoms with Gasteiger partial charge in [0.05, 0.1) is 12.5 Å². The fourth-order valence-corrected chi connectivity index (χ4v) is 1.03. The summed E-state index contributed by atoms with van der Waals surface area (Å²) in [6.07, 6.45) is 3.28. The van der Waals surface area contributed by atoms with E-state index in [1.165, 1.54) is 0 Å². The minimum atomic E-state index is 0.251. The average molecular weight is 169 g/mol. The van der Waals surface area contributed by atoms with Crippen LogP contribution in [0.25, 0.3) is 11.2 Å². The lowest BCUT2D eigenvalue weighted by Crippen LogP contribution is -1.89. The normalized spacial score (nSPS) is 10.7. The standard InChI is InChI=1S/C6H5ClN4/c1-11-3-9-4-2-8-6(7)10-5(4)11/h2-3H,1H3. The first-order valence-corrected chi connectivity index (χ1v) is 3.45. The summed E-state index contributed by atoms with van der Waals surface area (Å²) in [7, 11) is 1.86. The van der Waals surface area contributed by atoms with Gasteiger partial charge in [0, 0.05) is 7.05 Å². The van der Waals surface area contributed by atoms with Crippen molar-refractivity contribution in [3.63, 3.8) is 0 Å². The average Bonchev–Trinajstić information content (AvgIpc) is 2.33. The highest BCUT2D eigenvalue weighted by molar-refractivity contribution is 6.28. The van der Waals surface area contributed by atoms with E-state index >= 15 is 0 Å². The van der Waals surface area contributed by atoms with Gasteiger partial charge in [0.1, 0.15) is 5.52 Å². The molecular weight excluding hydrogens is 164 g/mol. The van der Waals surface area contributed by atoms with E-state index in [4.69, 9.17) is 11.6 Å². The van der Waals surface area contributed by atoms with Crippen molar-refractivity contribution in [2.45, 2.75) is 0 Å². The van der Waals surface area contributed by atoms with E-state index in [2.05, 4.69) is 15.0 Å². The van der Waals surface area contributed by atoms with Crippen LogP contribution in [0.15, 0.2) is 12.5 Å². The molecule has 11 heavy (non-hydrogen) atoms. The Bertz CT molecular complexity index is 394. The van der Waals surface area contributed by atoms with Crippen molar-refractivity contribution in [1.29, 1.82) is 0 Å². The van der Waals surface area contributed by atoms with Crippen LogP contribution in [0, 0.1) is 0 Å². The summed E-state index contributed by atoms with van der Waals surface area (Å²) >= 11 is 5.58. The maximum atomic E-state index is 5.58. The van der Waals surface area contributed by atoms with E-state index in [0.29, 0.717) is 0 Å². The number of aryl methyl sites for hydroxylation is 1. The molecule has 0 aliphatic rings. The molecule has 4 nitrogen and oxygen atoms in total. The smallest absolute Gasteiger partial charge is 0.224 e. The van der Waals surface area contributed by atoms with Crippen molar-refractivity contribution in [3.05, 3.63) is 17.8 Å². The van der Waals surface area contributed by atoms with Gasteiger partial charge in [0.25, 0.3) is 0 Å². The van der Waals surface area contributed by atoms with Crippen LogP contribution in [0.2, 0.25) is 5.28 Å². The molecule has 2 rings (SSSR count). The Hall–Kier alpha value is -1.16. The molecule has 0 aliphatic carbocycles. The number of hydrogen-bond donors (Lipinski definition) is 0. The first-order chi connectivity index (χ1) is 5.27. The number of aromatic nitrogens is 4. The van der Waals surface area contributed by atoms with Crippen LogP contribution in [-0.2, 0) is 7.05 Å². The number of halogens is 1. The highest BCUT2D eigenvalue weighted by Gasteiger charge is 2.00. The molecule has 2 heterocycles. The third-order valence-corrected chi connectivity index (χ3v) is 1.61. The summed E-state index contributed by atoms with van der Waals surface area (Å²) in [5.41, 5.74) is 1.52. The Balaban J connectivity index is 2.87. The summed E-state index contributed by atoms with van der Waals surface area (Å²) in [4.78, 5) is 11.8. The summed E-state index contributed by atoms with van der Waals surface area (Å²) in [6, 6.07) is 0. The number of hydrogen-bond acceptors (Lipinski definition) is 3.